The van der Waals surface area contributed by atoms with Gasteiger partial charge in [0.1, 0.15) is 5.41 Å². The quantitative estimate of drug-likeness (QED) is 0.677. The first-order valence-electron chi connectivity index (χ1n) is 7.58. The molecule has 3 heteroatoms. The number of rotatable bonds is 9. The van der Waals surface area contributed by atoms with Crippen LogP contribution in [-0.2, 0) is 10.2 Å². The maximum absolute atomic E-state index is 11.8. The zero-order chi connectivity index (χ0) is 15.0. The second kappa shape index (κ2) is 8.05. The molecule has 0 amide bonds. The van der Waals surface area contributed by atoms with E-state index in [0.717, 1.165) is 24.0 Å². The van der Waals surface area contributed by atoms with Gasteiger partial charge in [0.2, 0.25) is 0 Å². The molecule has 3 nitrogen and oxygen atoms in total. The Morgan fingerprint density at radius 3 is 2.40 bits per heavy atom. The third kappa shape index (κ3) is 3.83. The Morgan fingerprint density at radius 1 is 1.20 bits per heavy atom. The van der Waals surface area contributed by atoms with Gasteiger partial charge < -0.3 is 10.8 Å². The van der Waals surface area contributed by atoms with Gasteiger partial charge in [-0.25, -0.2) is 0 Å². The van der Waals surface area contributed by atoms with E-state index in [1.807, 2.05) is 31.2 Å². The van der Waals surface area contributed by atoms with Gasteiger partial charge >= 0.3 is 5.97 Å². The van der Waals surface area contributed by atoms with Crippen molar-refractivity contribution in [2.24, 2.45) is 5.73 Å². The van der Waals surface area contributed by atoms with E-state index < -0.39 is 11.4 Å². The number of carboxylic acid groups (broad SMARTS) is 1. The molecular weight excluding hydrogens is 250 g/mol. The highest BCUT2D eigenvalue weighted by Crippen LogP contribution is 2.32. The summed E-state index contributed by atoms with van der Waals surface area (Å²) >= 11 is 0. The number of aliphatic carboxylic acids is 1. The average molecular weight is 277 g/mol. The fourth-order valence-electron chi connectivity index (χ4n) is 2.80. The van der Waals surface area contributed by atoms with E-state index in [1.165, 1.54) is 19.3 Å². The van der Waals surface area contributed by atoms with Crippen LogP contribution in [0.3, 0.4) is 0 Å². The Bertz CT molecular complexity index is 431. The summed E-state index contributed by atoms with van der Waals surface area (Å²) in [4.78, 5) is 11.8. The molecule has 0 saturated carbocycles. The highest BCUT2D eigenvalue weighted by molar-refractivity contribution is 5.82. The maximum atomic E-state index is 11.8. The molecule has 1 atom stereocenters. The topological polar surface area (TPSA) is 63.3 Å². The second-order valence-electron chi connectivity index (χ2n) is 5.57. The number of carboxylic acids is 1. The summed E-state index contributed by atoms with van der Waals surface area (Å²) in [6, 6.07) is 7.69. The predicted octanol–water partition coefficient (Wildman–Crippen LogP) is 3.64. The summed E-state index contributed by atoms with van der Waals surface area (Å²) in [6.45, 7) is 4.29. The molecule has 0 aliphatic heterocycles. The number of unbranched alkanes of at least 4 members (excludes halogenated alkanes) is 4. The predicted molar refractivity (Wildman–Crippen MR) is 82.9 cm³/mol. The molecule has 0 radical (unpaired) electrons. The molecule has 0 fully saturated rings. The minimum absolute atomic E-state index is 0.154. The van der Waals surface area contributed by atoms with Crippen LogP contribution in [0.15, 0.2) is 24.3 Å². The van der Waals surface area contributed by atoms with Gasteiger partial charge in [-0.05, 0) is 24.5 Å². The number of benzene rings is 1. The van der Waals surface area contributed by atoms with Crippen molar-refractivity contribution < 1.29 is 9.90 Å². The van der Waals surface area contributed by atoms with Crippen LogP contribution in [0.5, 0.6) is 0 Å². The van der Waals surface area contributed by atoms with Crippen LogP contribution in [0.1, 0.15) is 56.6 Å². The van der Waals surface area contributed by atoms with Gasteiger partial charge in [0.15, 0.2) is 0 Å². The van der Waals surface area contributed by atoms with E-state index >= 15 is 0 Å². The van der Waals surface area contributed by atoms with E-state index in [-0.39, 0.29) is 6.54 Å². The molecule has 0 heterocycles. The Hall–Kier alpha value is -1.35. The first-order valence-corrected chi connectivity index (χ1v) is 7.58. The van der Waals surface area contributed by atoms with E-state index in [9.17, 15) is 9.90 Å². The van der Waals surface area contributed by atoms with E-state index in [1.54, 1.807) is 0 Å². The molecule has 0 aliphatic rings. The first-order chi connectivity index (χ1) is 9.58. The molecule has 1 unspecified atom stereocenters. The Kier molecular flexibility index (Phi) is 6.73. The molecule has 1 aromatic carbocycles. The Morgan fingerprint density at radius 2 is 1.85 bits per heavy atom. The van der Waals surface area contributed by atoms with Crippen LogP contribution >= 0.6 is 0 Å². The molecule has 0 aliphatic carbocycles. The number of carbonyl (C=O) groups is 1. The number of hydrogen-bond acceptors (Lipinski definition) is 2. The van der Waals surface area contributed by atoms with Crippen LogP contribution in [0.2, 0.25) is 0 Å². The van der Waals surface area contributed by atoms with Crippen LogP contribution in [0.4, 0.5) is 0 Å². The second-order valence-corrected chi connectivity index (χ2v) is 5.57. The summed E-state index contributed by atoms with van der Waals surface area (Å²) < 4.78 is 0. The molecule has 0 bridgehead atoms. The fraction of sp³-hybridized carbons (Fsp3) is 0.588. The van der Waals surface area contributed by atoms with Crippen molar-refractivity contribution in [3.8, 4) is 0 Å². The lowest BCUT2D eigenvalue weighted by atomic mass is 9.74. The average Bonchev–Trinajstić information content (AvgIpc) is 2.44. The lowest BCUT2D eigenvalue weighted by Crippen LogP contribution is -2.43. The van der Waals surface area contributed by atoms with Gasteiger partial charge in [-0.3, -0.25) is 4.79 Å². The standard InChI is InChI=1S/C17H27NO2/c1-3-4-5-6-9-12-17(13-18,16(19)20)15-11-8-7-10-14(15)2/h7-8,10-11H,3-6,9,12-13,18H2,1-2H3,(H,19,20). The molecule has 3 N–H and O–H groups in total. The molecule has 0 aromatic heterocycles. The molecule has 1 aromatic rings. The minimum atomic E-state index is -0.933. The third-order valence-electron chi connectivity index (χ3n) is 4.13. The van der Waals surface area contributed by atoms with Crippen molar-refractivity contribution in [3.63, 3.8) is 0 Å². The monoisotopic (exact) mass is 277 g/mol. The smallest absolute Gasteiger partial charge is 0.315 e. The summed E-state index contributed by atoms with van der Waals surface area (Å²) in [5.74, 6) is -0.801. The first kappa shape index (κ1) is 16.7. The molecule has 20 heavy (non-hydrogen) atoms. The van der Waals surface area contributed by atoms with E-state index in [2.05, 4.69) is 6.92 Å². The van der Waals surface area contributed by atoms with Gasteiger partial charge in [-0.2, -0.15) is 0 Å². The zero-order valence-electron chi connectivity index (χ0n) is 12.7. The Labute approximate surface area is 122 Å². The van der Waals surface area contributed by atoms with Crippen LogP contribution < -0.4 is 5.73 Å². The summed E-state index contributed by atoms with van der Waals surface area (Å²) in [5, 5.41) is 9.72. The molecular formula is C17H27NO2. The van der Waals surface area contributed by atoms with E-state index in [4.69, 9.17) is 5.73 Å². The third-order valence-corrected chi connectivity index (χ3v) is 4.13. The van der Waals surface area contributed by atoms with Crippen LogP contribution in [0.25, 0.3) is 0 Å². The number of nitrogens with two attached hydrogens (primary N) is 1. The SMILES string of the molecule is CCCCCCCC(CN)(C(=O)O)c1ccccc1C. The summed E-state index contributed by atoms with van der Waals surface area (Å²) in [7, 11) is 0. The largest absolute Gasteiger partial charge is 0.481 e. The number of aryl methyl sites for hydroxylation is 1. The van der Waals surface area contributed by atoms with E-state index in [0.29, 0.717) is 6.42 Å². The van der Waals surface area contributed by atoms with Crippen molar-refractivity contribution in [1.29, 1.82) is 0 Å². The number of hydrogen-bond donors (Lipinski definition) is 2. The van der Waals surface area contributed by atoms with Gasteiger partial charge in [-0.15, -0.1) is 0 Å². The van der Waals surface area contributed by atoms with Gasteiger partial charge in [0.25, 0.3) is 0 Å². The molecule has 1 rings (SSSR count). The zero-order valence-corrected chi connectivity index (χ0v) is 12.7. The molecule has 0 saturated heterocycles. The van der Waals surface area contributed by atoms with Crippen molar-refractivity contribution >= 4 is 5.97 Å². The van der Waals surface area contributed by atoms with Crippen molar-refractivity contribution in [2.45, 2.75) is 57.8 Å². The van der Waals surface area contributed by atoms with Gasteiger partial charge in [-0.1, -0.05) is 63.3 Å². The van der Waals surface area contributed by atoms with Crippen molar-refractivity contribution in [1.82, 2.24) is 0 Å². The highest BCUT2D eigenvalue weighted by atomic mass is 16.4. The Balaban J connectivity index is 2.87. The highest BCUT2D eigenvalue weighted by Gasteiger charge is 2.39. The minimum Gasteiger partial charge on any atom is -0.481 e. The van der Waals surface area contributed by atoms with Gasteiger partial charge in [0, 0.05) is 6.54 Å². The normalized spacial score (nSPS) is 13.9. The van der Waals surface area contributed by atoms with Gasteiger partial charge in [0.05, 0.1) is 0 Å². The molecule has 0 spiro atoms. The summed E-state index contributed by atoms with van der Waals surface area (Å²) in [5.41, 5.74) is 6.81. The maximum Gasteiger partial charge on any atom is 0.315 e. The van der Waals surface area contributed by atoms with Crippen LogP contribution in [0, 0.1) is 6.92 Å². The van der Waals surface area contributed by atoms with Crippen LogP contribution in [-0.4, -0.2) is 17.6 Å². The van der Waals surface area contributed by atoms with Crippen molar-refractivity contribution in [3.05, 3.63) is 35.4 Å². The lowest BCUT2D eigenvalue weighted by Gasteiger charge is -2.30. The van der Waals surface area contributed by atoms with Crippen molar-refractivity contribution in [2.75, 3.05) is 6.54 Å². The lowest BCUT2D eigenvalue weighted by molar-refractivity contribution is -0.143. The fourth-order valence-corrected chi connectivity index (χ4v) is 2.80. The molecule has 112 valence electrons. The summed E-state index contributed by atoms with van der Waals surface area (Å²) in [6.07, 6.45) is 6.19.